The Morgan fingerprint density at radius 1 is 1.21 bits per heavy atom. The van der Waals surface area contributed by atoms with Gasteiger partial charge in [-0.2, -0.15) is 0 Å². The lowest BCUT2D eigenvalue weighted by Gasteiger charge is -2.25. The van der Waals surface area contributed by atoms with E-state index < -0.39 is 18.0 Å². The van der Waals surface area contributed by atoms with Gasteiger partial charge in [-0.25, -0.2) is 14.6 Å². The van der Waals surface area contributed by atoms with Crippen LogP contribution in [0.1, 0.15) is 47.6 Å². The molecule has 146 valence electrons. The first-order valence-electron chi connectivity index (χ1n) is 8.79. The minimum atomic E-state index is -0.512. The van der Waals surface area contributed by atoms with Gasteiger partial charge in [0.15, 0.2) is 5.13 Å². The number of hydrogen-bond donors (Lipinski definition) is 1. The SMILES string of the molecule is COC(=O)c1cnc(NC(=O)c2ccc3c(c2)C[C@@H](c2ccccc2)OC3=O)s1. The number of amides is 1. The standard InChI is InChI=1S/C21H16N2O5S/c1-27-20(26)17-11-22-21(29-17)23-18(24)13-7-8-15-14(9-13)10-16(28-19(15)25)12-5-3-2-4-6-12/h2-9,11,16H,10H2,1H3,(H,22,23,24)/t16-/m0/s1. The number of carbonyl (C=O) groups excluding carboxylic acids is 3. The zero-order valence-corrected chi connectivity index (χ0v) is 16.2. The molecule has 1 N–H and O–H groups in total. The number of esters is 2. The topological polar surface area (TPSA) is 94.6 Å². The van der Waals surface area contributed by atoms with Crippen LogP contribution in [0.3, 0.4) is 0 Å². The van der Waals surface area contributed by atoms with Crippen LogP contribution in [0.5, 0.6) is 0 Å². The summed E-state index contributed by atoms with van der Waals surface area (Å²) < 4.78 is 10.2. The van der Waals surface area contributed by atoms with Crippen molar-refractivity contribution in [1.29, 1.82) is 0 Å². The molecule has 29 heavy (non-hydrogen) atoms. The average molecular weight is 408 g/mol. The summed E-state index contributed by atoms with van der Waals surface area (Å²) >= 11 is 1.02. The van der Waals surface area contributed by atoms with Gasteiger partial charge >= 0.3 is 11.9 Å². The summed E-state index contributed by atoms with van der Waals surface area (Å²) in [4.78, 5) is 40.8. The number of hydrogen-bond acceptors (Lipinski definition) is 7. The molecule has 1 aromatic heterocycles. The smallest absolute Gasteiger partial charge is 0.349 e. The molecule has 7 nitrogen and oxygen atoms in total. The van der Waals surface area contributed by atoms with Crippen molar-refractivity contribution >= 4 is 34.3 Å². The molecule has 1 aliphatic heterocycles. The summed E-state index contributed by atoms with van der Waals surface area (Å²) in [6.45, 7) is 0. The first kappa shape index (κ1) is 18.8. The molecule has 2 heterocycles. The van der Waals surface area contributed by atoms with Crippen LogP contribution in [0.4, 0.5) is 5.13 Å². The Kier molecular flexibility index (Phi) is 5.09. The average Bonchev–Trinajstić information content (AvgIpc) is 3.21. The van der Waals surface area contributed by atoms with Crippen LogP contribution in [-0.2, 0) is 15.9 Å². The van der Waals surface area contributed by atoms with Crippen molar-refractivity contribution in [2.24, 2.45) is 0 Å². The number of cyclic esters (lactones) is 1. The largest absolute Gasteiger partial charge is 0.465 e. The van der Waals surface area contributed by atoms with Gasteiger partial charge in [-0.1, -0.05) is 41.7 Å². The molecule has 2 aromatic carbocycles. The molecule has 1 aliphatic rings. The lowest BCUT2D eigenvalue weighted by Crippen LogP contribution is -2.23. The zero-order chi connectivity index (χ0) is 20.4. The molecule has 8 heteroatoms. The maximum Gasteiger partial charge on any atom is 0.349 e. The molecule has 1 atom stereocenters. The highest BCUT2D eigenvalue weighted by Gasteiger charge is 2.28. The fourth-order valence-corrected chi connectivity index (χ4v) is 3.82. The lowest BCUT2D eigenvalue weighted by molar-refractivity contribution is 0.0252. The van der Waals surface area contributed by atoms with E-state index in [-0.39, 0.29) is 11.0 Å². The van der Waals surface area contributed by atoms with Gasteiger partial charge in [0.05, 0.1) is 18.9 Å². The summed E-state index contributed by atoms with van der Waals surface area (Å²) in [5, 5.41) is 2.95. The minimum absolute atomic E-state index is 0.287. The summed E-state index contributed by atoms with van der Waals surface area (Å²) in [5.74, 6) is -1.30. The number of nitrogens with one attached hydrogen (secondary N) is 1. The maximum atomic E-state index is 12.6. The van der Waals surface area contributed by atoms with Crippen molar-refractivity contribution < 1.29 is 23.9 Å². The molecular formula is C21H16N2O5S. The predicted octanol–water partition coefficient (Wildman–Crippen LogP) is 3.64. The van der Waals surface area contributed by atoms with E-state index in [1.807, 2.05) is 30.3 Å². The monoisotopic (exact) mass is 408 g/mol. The van der Waals surface area contributed by atoms with Gasteiger partial charge in [-0.15, -0.1) is 0 Å². The van der Waals surface area contributed by atoms with Crippen LogP contribution in [0.2, 0.25) is 0 Å². The molecule has 0 saturated carbocycles. The van der Waals surface area contributed by atoms with E-state index in [1.165, 1.54) is 13.3 Å². The first-order valence-corrected chi connectivity index (χ1v) is 9.61. The van der Waals surface area contributed by atoms with Crippen molar-refractivity contribution in [3.05, 3.63) is 81.9 Å². The summed E-state index contributed by atoms with van der Waals surface area (Å²) in [7, 11) is 1.28. The Morgan fingerprint density at radius 2 is 2.00 bits per heavy atom. The molecule has 4 rings (SSSR count). The second kappa shape index (κ2) is 7.84. The highest BCUT2D eigenvalue weighted by molar-refractivity contribution is 7.17. The fourth-order valence-electron chi connectivity index (χ4n) is 3.09. The van der Waals surface area contributed by atoms with Crippen molar-refractivity contribution in [1.82, 2.24) is 4.98 Å². The molecule has 1 amide bonds. The Bertz CT molecular complexity index is 1090. The van der Waals surface area contributed by atoms with Crippen molar-refractivity contribution in [2.75, 3.05) is 12.4 Å². The van der Waals surface area contributed by atoms with E-state index in [1.54, 1.807) is 18.2 Å². The molecule has 3 aromatic rings. The van der Waals surface area contributed by atoms with Crippen molar-refractivity contribution in [2.45, 2.75) is 12.5 Å². The van der Waals surface area contributed by atoms with E-state index in [0.717, 1.165) is 22.5 Å². The number of carbonyl (C=O) groups is 3. The predicted molar refractivity (Wildman–Crippen MR) is 106 cm³/mol. The normalized spacial score (nSPS) is 15.2. The minimum Gasteiger partial charge on any atom is -0.465 e. The lowest BCUT2D eigenvalue weighted by atomic mass is 9.93. The number of ether oxygens (including phenoxy) is 2. The van der Waals surface area contributed by atoms with Gasteiger partial charge in [0.2, 0.25) is 0 Å². The van der Waals surface area contributed by atoms with E-state index in [0.29, 0.717) is 22.4 Å². The fraction of sp³-hybridized carbons (Fsp3) is 0.143. The number of thiazole rings is 1. The molecule has 0 unspecified atom stereocenters. The quantitative estimate of drug-likeness (QED) is 0.663. The third kappa shape index (κ3) is 3.88. The summed E-state index contributed by atoms with van der Waals surface area (Å²) in [5.41, 5.74) is 2.49. The number of anilines is 1. The van der Waals surface area contributed by atoms with Gasteiger partial charge in [0, 0.05) is 12.0 Å². The van der Waals surface area contributed by atoms with E-state index in [4.69, 9.17) is 4.74 Å². The van der Waals surface area contributed by atoms with Gasteiger partial charge in [0.1, 0.15) is 11.0 Å². The summed E-state index contributed by atoms with van der Waals surface area (Å²) in [6, 6.07) is 14.3. The van der Waals surface area contributed by atoms with E-state index in [2.05, 4.69) is 15.0 Å². The van der Waals surface area contributed by atoms with Gasteiger partial charge in [-0.05, 0) is 29.3 Å². The Morgan fingerprint density at radius 3 is 2.76 bits per heavy atom. The molecule has 0 saturated heterocycles. The number of fused-ring (bicyclic) bond motifs is 1. The van der Waals surface area contributed by atoms with Crippen molar-refractivity contribution in [3.63, 3.8) is 0 Å². The van der Waals surface area contributed by atoms with Crippen LogP contribution in [-0.4, -0.2) is 29.9 Å². The molecule has 0 spiro atoms. The van der Waals surface area contributed by atoms with Gasteiger partial charge < -0.3 is 9.47 Å². The number of rotatable bonds is 4. The number of aromatic nitrogens is 1. The Hall–Kier alpha value is -3.52. The number of methoxy groups -OCH3 is 1. The van der Waals surface area contributed by atoms with Gasteiger partial charge in [0.25, 0.3) is 5.91 Å². The maximum absolute atomic E-state index is 12.6. The number of benzene rings is 2. The van der Waals surface area contributed by atoms with Crippen LogP contribution in [0, 0.1) is 0 Å². The zero-order valence-electron chi connectivity index (χ0n) is 15.4. The second-order valence-corrected chi connectivity index (χ2v) is 7.39. The molecule has 0 radical (unpaired) electrons. The Labute approximate surface area is 170 Å². The number of nitrogens with zero attached hydrogens (tertiary/aromatic N) is 1. The van der Waals surface area contributed by atoms with Crippen LogP contribution in [0.25, 0.3) is 0 Å². The molecular weight excluding hydrogens is 392 g/mol. The first-order chi connectivity index (χ1) is 14.0. The third-order valence-electron chi connectivity index (χ3n) is 4.53. The highest BCUT2D eigenvalue weighted by Crippen LogP contribution is 2.31. The van der Waals surface area contributed by atoms with E-state index in [9.17, 15) is 14.4 Å². The van der Waals surface area contributed by atoms with Crippen LogP contribution < -0.4 is 5.32 Å². The summed E-state index contributed by atoms with van der Waals surface area (Å²) in [6.07, 6.45) is 1.44. The van der Waals surface area contributed by atoms with Crippen LogP contribution >= 0.6 is 11.3 Å². The highest BCUT2D eigenvalue weighted by atomic mass is 32.1. The van der Waals surface area contributed by atoms with E-state index >= 15 is 0 Å². The molecule has 0 fully saturated rings. The van der Waals surface area contributed by atoms with Gasteiger partial charge in [-0.3, -0.25) is 10.1 Å². The Balaban J connectivity index is 1.54. The molecule has 0 bridgehead atoms. The van der Waals surface area contributed by atoms with Crippen molar-refractivity contribution in [3.8, 4) is 0 Å². The second-order valence-electron chi connectivity index (χ2n) is 6.36. The third-order valence-corrected chi connectivity index (χ3v) is 5.42. The molecule has 0 aliphatic carbocycles. The van der Waals surface area contributed by atoms with Crippen LogP contribution in [0.15, 0.2) is 54.7 Å².